The Balaban J connectivity index is 1.88. The second kappa shape index (κ2) is 8.27. The van der Waals surface area contributed by atoms with E-state index < -0.39 is 0 Å². The molecule has 0 spiro atoms. The summed E-state index contributed by atoms with van der Waals surface area (Å²) in [5, 5.41) is 4.60. The smallest absolute Gasteiger partial charge is 0.332 e. The highest BCUT2D eigenvalue weighted by Crippen LogP contribution is 2.20. The molecule has 10 nitrogen and oxygen atoms in total. The quantitative estimate of drug-likeness (QED) is 0.533. The van der Waals surface area contributed by atoms with E-state index in [9.17, 15) is 9.59 Å². The highest BCUT2D eigenvalue weighted by Gasteiger charge is 2.23. The van der Waals surface area contributed by atoms with Crippen LogP contribution < -0.4 is 11.2 Å². The van der Waals surface area contributed by atoms with Crippen LogP contribution in [0.5, 0.6) is 0 Å². The molecule has 31 heavy (non-hydrogen) atoms. The van der Waals surface area contributed by atoms with E-state index in [1.807, 2.05) is 20.8 Å². The Morgan fingerprint density at radius 1 is 1.10 bits per heavy atom. The van der Waals surface area contributed by atoms with Crippen molar-refractivity contribution >= 4 is 11.2 Å². The normalized spacial score (nSPS) is 15.1. The molecule has 0 saturated carbocycles. The molecular weight excluding hydrogens is 398 g/mol. The molecule has 3 aromatic rings. The van der Waals surface area contributed by atoms with Crippen LogP contribution in [0.1, 0.15) is 17.0 Å². The molecule has 4 heterocycles. The second-order valence-corrected chi connectivity index (χ2v) is 7.94. The Morgan fingerprint density at radius 3 is 2.42 bits per heavy atom. The van der Waals surface area contributed by atoms with E-state index in [-0.39, 0.29) is 11.2 Å². The molecule has 0 atom stereocenters. The Morgan fingerprint density at radius 2 is 1.81 bits per heavy atom. The zero-order chi connectivity index (χ0) is 22.3. The van der Waals surface area contributed by atoms with E-state index in [4.69, 9.17) is 4.74 Å². The zero-order valence-corrected chi connectivity index (χ0v) is 18.6. The second-order valence-electron chi connectivity index (χ2n) is 7.94. The number of hydrogen-bond acceptors (Lipinski definition) is 6. The average Bonchev–Trinajstić information content (AvgIpc) is 3.26. The van der Waals surface area contributed by atoms with Gasteiger partial charge < -0.3 is 4.74 Å². The number of aromatic nitrogens is 6. The van der Waals surface area contributed by atoms with Gasteiger partial charge in [0.05, 0.1) is 18.9 Å². The van der Waals surface area contributed by atoms with Crippen LogP contribution in [0.4, 0.5) is 0 Å². The number of aryl methyl sites for hydroxylation is 2. The van der Waals surface area contributed by atoms with Gasteiger partial charge >= 0.3 is 5.69 Å². The molecule has 0 aliphatic carbocycles. The Bertz CT molecular complexity index is 1250. The molecule has 1 fully saturated rings. The van der Waals surface area contributed by atoms with Crippen LogP contribution in [0, 0.1) is 20.8 Å². The number of hydrogen-bond donors (Lipinski definition) is 0. The number of ether oxygens (including phenoxy) is 1. The van der Waals surface area contributed by atoms with Crippen LogP contribution in [-0.2, 0) is 24.9 Å². The molecule has 1 aliphatic heterocycles. The van der Waals surface area contributed by atoms with E-state index >= 15 is 0 Å². The van der Waals surface area contributed by atoms with Gasteiger partial charge in [0.2, 0.25) is 5.95 Å². The largest absolute Gasteiger partial charge is 0.379 e. The van der Waals surface area contributed by atoms with Crippen LogP contribution in [0.15, 0.2) is 22.2 Å². The third-order valence-corrected chi connectivity index (χ3v) is 6.11. The van der Waals surface area contributed by atoms with Crippen molar-refractivity contribution in [3.8, 4) is 5.95 Å². The van der Waals surface area contributed by atoms with Gasteiger partial charge in [0.15, 0.2) is 11.2 Å². The lowest BCUT2D eigenvalue weighted by atomic mass is 10.2. The van der Waals surface area contributed by atoms with Crippen molar-refractivity contribution in [2.45, 2.75) is 33.9 Å². The van der Waals surface area contributed by atoms with E-state index in [1.165, 1.54) is 9.13 Å². The summed E-state index contributed by atoms with van der Waals surface area (Å²) in [5.74, 6) is 0.502. The van der Waals surface area contributed by atoms with Crippen LogP contribution in [0.3, 0.4) is 0 Å². The summed E-state index contributed by atoms with van der Waals surface area (Å²) in [6.07, 6.45) is 1.71. The summed E-state index contributed by atoms with van der Waals surface area (Å²) in [6, 6.07) is 0. The zero-order valence-electron chi connectivity index (χ0n) is 18.6. The fourth-order valence-corrected chi connectivity index (χ4v) is 4.00. The maximum atomic E-state index is 13.5. The topological polar surface area (TPSA) is 92.1 Å². The molecule has 0 unspecified atom stereocenters. The molecule has 4 rings (SSSR count). The van der Waals surface area contributed by atoms with Gasteiger partial charge in [-0.1, -0.05) is 6.08 Å². The van der Waals surface area contributed by atoms with Crippen molar-refractivity contribution in [2.24, 2.45) is 7.05 Å². The third kappa shape index (κ3) is 3.55. The van der Waals surface area contributed by atoms with Crippen molar-refractivity contribution in [3.63, 3.8) is 0 Å². The van der Waals surface area contributed by atoms with Gasteiger partial charge in [0, 0.05) is 45.5 Å². The monoisotopic (exact) mass is 427 g/mol. The lowest BCUT2D eigenvalue weighted by Gasteiger charge is -2.26. The molecule has 0 aromatic carbocycles. The van der Waals surface area contributed by atoms with Gasteiger partial charge in [-0.15, -0.1) is 6.58 Å². The highest BCUT2D eigenvalue weighted by atomic mass is 16.5. The predicted octanol–water partition coefficient (Wildman–Crippen LogP) is 0.526. The maximum absolute atomic E-state index is 13.5. The minimum Gasteiger partial charge on any atom is -0.379 e. The SMILES string of the molecule is C=CCn1c(-n2nc(C)c(C)c2C)nc2c1c(=O)n(CCN1CCOCC1)c(=O)n2C. The summed E-state index contributed by atoms with van der Waals surface area (Å²) in [4.78, 5) is 33.3. The number of imidazole rings is 1. The van der Waals surface area contributed by atoms with Gasteiger partial charge in [0.25, 0.3) is 5.56 Å². The predicted molar refractivity (Wildman–Crippen MR) is 118 cm³/mol. The van der Waals surface area contributed by atoms with Crippen molar-refractivity contribution in [1.82, 2.24) is 33.4 Å². The van der Waals surface area contributed by atoms with Gasteiger partial charge in [-0.3, -0.25) is 23.4 Å². The first-order valence-corrected chi connectivity index (χ1v) is 10.5. The Labute approximate surface area is 180 Å². The fraction of sp³-hybridized carbons (Fsp3) is 0.524. The average molecular weight is 428 g/mol. The first kappa shape index (κ1) is 21.3. The lowest BCUT2D eigenvalue weighted by Crippen LogP contribution is -2.44. The first-order valence-electron chi connectivity index (χ1n) is 10.5. The third-order valence-electron chi connectivity index (χ3n) is 6.11. The summed E-state index contributed by atoms with van der Waals surface area (Å²) in [5.41, 5.74) is 2.91. The van der Waals surface area contributed by atoms with Crippen LogP contribution in [-0.4, -0.2) is 66.2 Å². The van der Waals surface area contributed by atoms with Crippen LogP contribution >= 0.6 is 0 Å². The number of nitrogens with zero attached hydrogens (tertiary/aromatic N) is 7. The number of fused-ring (bicyclic) bond motifs is 1. The fourth-order valence-electron chi connectivity index (χ4n) is 4.00. The van der Waals surface area contributed by atoms with E-state index in [0.29, 0.717) is 50.0 Å². The minimum atomic E-state index is -0.370. The van der Waals surface area contributed by atoms with Crippen molar-refractivity contribution < 1.29 is 4.74 Å². The molecule has 0 radical (unpaired) electrons. The van der Waals surface area contributed by atoms with E-state index in [2.05, 4.69) is 21.6 Å². The minimum absolute atomic E-state index is 0.315. The summed E-state index contributed by atoms with van der Waals surface area (Å²) >= 11 is 0. The standard InChI is InChI=1S/C21H29N7O3/c1-6-7-26-17-18(22-20(26)28-16(4)14(2)15(3)23-28)24(5)21(30)27(19(17)29)9-8-25-10-12-31-13-11-25/h6H,1,7-13H2,2-5H3. The number of rotatable bonds is 6. The molecule has 0 N–H and O–H groups in total. The van der Waals surface area contributed by atoms with E-state index in [0.717, 1.165) is 30.0 Å². The molecule has 1 saturated heterocycles. The molecular formula is C21H29N7O3. The molecule has 0 amide bonds. The number of morpholine rings is 1. The Hall–Kier alpha value is -2.98. The Kier molecular flexibility index (Phi) is 5.67. The summed E-state index contributed by atoms with van der Waals surface area (Å²) in [7, 11) is 1.65. The number of allylic oxidation sites excluding steroid dienone is 1. The molecule has 3 aromatic heterocycles. The first-order chi connectivity index (χ1) is 14.8. The van der Waals surface area contributed by atoms with Crippen molar-refractivity contribution in [2.75, 3.05) is 32.8 Å². The molecule has 1 aliphatic rings. The van der Waals surface area contributed by atoms with Gasteiger partial charge in [-0.05, 0) is 26.3 Å². The summed E-state index contributed by atoms with van der Waals surface area (Å²) in [6.45, 7) is 14.0. The van der Waals surface area contributed by atoms with Crippen molar-refractivity contribution in [1.29, 1.82) is 0 Å². The lowest BCUT2D eigenvalue weighted by molar-refractivity contribution is 0.0361. The van der Waals surface area contributed by atoms with Gasteiger partial charge in [-0.2, -0.15) is 10.1 Å². The molecule has 10 heteroatoms. The highest BCUT2D eigenvalue weighted by molar-refractivity contribution is 5.72. The summed E-state index contributed by atoms with van der Waals surface area (Å²) < 4.78 is 11.6. The van der Waals surface area contributed by atoms with Crippen LogP contribution in [0.2, 0.25) is 0 Å². The van der Waals surface area contributed by atoms with Crippen molar-refractivity contribution in [3.05, 3.63) is 50.4 Å². The maximum Gasteiger partial charge on any atom is 0.332 e. The van der Waals surface area contributed by atoms with E-state index in [1.54, 1.807) is 22.4 Å². The van der Waals surface area contributed by atoms with Gasteiger partial charge in [0.1, 0.15) is 0 Å². The van der Waals surface area contributed by atoms with Crippen LogP contribution in [0.25, 0.3) is 17.1 Å². The molecule has 0 bridgehead atoms. The molecule has 166 valence electrons. The van der Waals surface area contributed by atoms with Gasteiger partial charge in [-0.25, -0.2) is 9.48 Å².